The maximum Gasteiger partial charge on any atom is 0.340 e. The van der Waals surface area contributed by atoms with Crippen molar-refractivity contribution in [3.63, 3.8) is 0 Å². The van der Waals surface area contributed by atoms with Gasteiger partial charge in [-0.15, -0.1) is 0 Å². The maximum absolute atomic E-state index is 11.0. The van der Waals surface area contributed by atoms with Gasteiger partial charge in [0.2, 0.25) is 0 Å². The number of rotatable bonds is 6. The molecule has 0 saturated heterocycles. The molecule has 1 unspecified atom stereocenters. The molecule has 0 heterocycles. The first kappa shape index (κ1) is 17.4. The lowest BCUT2D eigenvalue weighted by atomic mass is 10.1. The van der Waals surface area contributed by atoms with Gasteiger partial charge in [-0.3, -0.25) is 13.7 Å². The van der Waals surface area contributed by atoms with Crippen LogP contribution in [0.4, 0.5) is 0 Å². The summed E-state index contributed by atoms with van der Waals surface area (Å²) in [4.78, 5) is 52.5. The highest BCUT2D eigenvalue weighted by atomic mass is 31.2. The SMILES string of the molecule is CC(CCP(=O)(O)O)C(P(=O)(O)O)P(=O)(O)O. The standard InChI is InChI=1S/C5H15O9P3/c1-4(2-3-15(6,7)8)5(16(9,10)11)17(12,13)14/h4-5H,2-3H2,1H3,(H2,6,7,8)(H2,9,10,11)(H2,12,13,14). The molecule has 0 radical (unpaired) electrons. The van der Waals surface area contributed by atoms with E-state index in [1.807, 2.05) is 0 Å². The van der Waals surface area contributed by atoms with E-state index in [0.29, 0.717) is 0 Å². The molecule has 0 aliphatic rings. The van der Waals surface area contributed by atoms with Crippen LogP contribution in [0, 0.1) is 5.92 Å². The van der Waals surface area contributed by atoms with E-state index in [9.17, 15) is 13.7 Å². The number of hydrogen-bond donors (Lipinski definition) is 6. The highest BCUT2D eigenvalue weighted by Gasteiger charge is 2.47. The van der Waals surface area contributed by atoms with Crippen LogP contribution in [0.15, 0.2) is 0 Å². The maximum atomic E-state index is 11.0. The summed E-state index contributed by atoms with van der Waals surface area (Å²) in [6.07, 6.45) is -1.09. The van der Waals surface area contributed by atoms with Crippen LogP contribution >= 0.6 is 22.8 Å². The van der Waals surface area contributed by atoms with E-state index in [1.165, 1.54) is 0 Å². The lowest BCUT2D eigenvalue weighted by Crippen LogP contribution is -2.20. The van der Waals surface area contributed by atoms with Gasteiger partial charge in [0.1, 0.15) is 0 Å². The molecule has 0 amide bonds. The van der Waals surface area contributed by atoms with Crippen molar-refractivity contribution in [1.82, 2.24) is 0 Å². The summed E-state index contributed by atoms with van der Waals surface area (Å²) in [7, 11) is -14.5. The molecule has 0 bridgehead atoms. The van der Waals surface area contributed by atoms with Crippen LogP contribution in [0.5, 0.6) is 0 Å². The number of hydrogen-bond acceptors (Lipinski definition) is 3. The Labute approximate surface area is 97.4 Å². The molecule has 0 saturated carbocycles. The van der Waals surface area contributed by atoms with E-state index in [1.54, 1.807) is 0 Å². The Morgan fingerprint density at radius 2 is 1.24 bits per heavy atom. The van der Waals surface area contributed by atoms with Crippen LogP contribution in [0.1, 0.15) is 13.3 Å². The highest BCUT2D eigenvalue weighted by molar-refractivity contribution is 7.70. The fourth-order valence-electron chi connectivity index (χ4n) is 1.38. The van der Waals surface area contributed by atoms with Gasteiger partial charge < -0.3 is 29.4 Å². The van der Waals surface area contributed by atoms with Crippen molar-refractivity contribution in [3.8, 4) is 0 Å². The van der Waals surface area contributed by atoms with Crippen molar-refractivity contribution in [1.29, 1.82) is 0 Å². The van der Waals surface area contributed by atoms with Crippen LogP contribution in [0.3, 0.4) is 0 Å². The Morgan fingerprint density at radius 3 is 1.47 bits per heavy atom. The Hall–Kier alpha value is 0.450. The van der Waals surface area contributed by atoms with E-state index >= 15 is 0 Å². The minimum Gasteiger partial charge on any atom is -0.324 e. The van der Waals surface area contributed by atoms with Crippen LogP contribution < -0.4 is 0 Å². The molecule has 0 aliphatic carbocycles. The Kier molecular flexibility index (Phi) is 5.76. The van der Waals surface area contributed by atoms with Gasteiger partial charge in [-0.2, -0.15) is 0 Å². The van der Waals surface area contributed by atoms with E-state index in [4.69, 9.17) is 29.4 Å². The average molecular weight is 312 g/mol. The lowest BCUT2D eigenvalue weighted by molar-refractivity contribution is 0.314. The van der Waals surface area contributed by atoms with Crippen molar-refractivity contribution in [3.05, 3.63) is 0 Å². The van der Waals surface area contributed by atoms with Gasteiger partial charge >= 0.3 is 22.8 Å². The van der Waals surface area contributed by atoms with Gasteiger partial charge in [0, 0.05) is 0 Å². The zero-order valence-electron chi connectivity index (χ0n) is 8.82. The van der Waals surface area contributed by atoms with E-state index in [2.05, 4.69) is 0 Å². The van der Waals surface area contributed by atoms with Gasteiger partial charge in [0.25, 0.3) is 0 Å². The van der Waals surface area contributed by atoms with Crippen molar-refractivity contribution in [2.24, 2.45) is 5.92 Å². The average Bonchev–Trinajstić information content (AvgIpc) is 1.93. The Bertz CT molecular complexity index is 365. The van der Waals surface area contributed by atoms with Crippen molar-refractivity contribution in [2.45, 2.75) is 18.7 Å². The predicted octanol–water partition coefficient (Wildman–Crippen LogP) is -0.128. The first-order valence-electron chi connectivity index (χ1n) is 4.40. The normalized spacial score (nSPS) is 16.2. The third kappa shape index (κ3) is 6.82. The molecule has 104 valence electrons. The predicted molar refractivity (Wildman–Crippen MR) is 58.6 cm³/mol. The monoisotopic (exact) mass is 312 g/mol. The topological polar surface area (TPSA) is 173 Å². The molecule has 0 aromatic heterocycles. The summed E-state index contributed by atoms with van der Waals surface area (Å²) in [5.74, 6) is -1.22. The fourth-order valence-corrected chi connectivity index (χ4v) is 5.32. The summed E-state index contributed by atoms with van der Waals surface area (Å²) >= 11 is 0. The fraction of sp³-hybridized carbons (Fsp3) is 1.00. The first-order valence-corrected chi connectivity index (χ1v) is 9.56. The molecule has 1 atom stereocenters. The van der Waals surface area contributed by atoms with E-state index in [-0.39, 0.29) is 0 Å². The molecule has 9 nitrogen and oxygen atoms in total. The molecule has 0 aromatic carbocycles. The summed E-state index contributed by atoms with van der Waals surface area (Å²) < 4.78 is 32.5. The Balaban J connectivity index is 4.93. The molecular weight excluding hydrogens is 297 g/mol. The second kappa shape index (κ2) is 5.61. The van der Waals surface area contributed by atoms with Crippen molar-refractivity contribution >= 4 is 22.8 Å². The van der Waals surface area contributed by atoms with Crippen molar-refractivity contribution < 1.29 is 43.1 Å². The third-order valence-corrected chi connectivity index (χ3v) is 7.12. The molecule has 0 aromatic rings. The summed E-state index contributed by atoms with van der Waals surface area (Å²) in [5, 5.41) is -2.23. The quantitative estimate of drug-likeness (QED) is 0.365. The lowest BCUT2D eigenvalue weighted by Gasteiger charge is -2.25. The minimum absolute atomic E-state index is 0.398. The summed E-state index contributed by atoms with van der Waals surface area (Å²) in [6.45, 7) is 1.12. The molecule has 17 heavy (non-hydrogen) atoms. The van der Waals surface area contributed by atoms with E-state index < -0.39 is 46.7 Å². The molecule has 0 fully saturated rings. The Morgan fingerprint density at radius 1 is 0.882 bits per heavy atom. The zero-order chi connectivity index (χ0) is 14.1. The molecular formula is C5H15O9P3. The van der Waals surface area contributed by atoms with E-state index in [0.717, 1.165) is 6.92 Å². The minimum atomic E-state index is -5.05. The van der Waals surface area contributed by atoms with Crippen LogP contribution in [0.2, 0.25) is 0 Å². The van der Waals surface area contributed by atoms with Gasteiger partial charge in [0.05, 0.1) is 6.16 Å². The summed E-state index contributed by atoms with van der Waals surface area (Å²) in [6, 6.07) is 0. The molecule has 0 rings (SSSR count). The summed E-state index contributed by atoms with van der Waals surface area (Å²) in [5.41, 5.74) is 0. The largest absolute Gasteiger partial charge is 0.340 e. The smallest absolute Gasteiger partial charge is 0.324 e. The second-order valence-corrected chi connectivity index (χ2v) is 9.40. The van der Waals surface area contributed by atoms with Gasteiger partial charge in [-0.05, 0) is 12.3 Å². The van der Waals surface area contributed by atoms with Gasteiger partial charge in [-0.25, -0.2) is 0 Å². The highest BCUT2D eigenvalue weighted by Crippen LogP contribution is 2.63. The van der Waals surface area contributed by atoms with Crippen LogP contribution in [0.25, 0.3) is 0 Å². The van der Waals surface area contributed by atoms with Gasteiger partial charge in [-0.1, -0.05) is 6.92 Å². The van der Waals surface area contributed by atoms with Crippen LogP contribution in [-0.4, -0.2) is 40.9 Å². The van der Waals surface area contributed by atoms with Gasteiger partial charge in [0.15, 0.2) is 5.40 Å². The molecule has 12 heteroatoms. The zero-order valence-corrected chi connectivity index (χ0v) is 11.5. The molecule has 0 spiro atoms. The van der Waals surface area contributed by atoms with Crippen LogP contribution in [-0.2, 0) is 13.7 Å². The third-order valence-electron chi connectivity index (χ3n) is 2.07. The first-order chi connectivity index (χ1) is 7.25. The van der Waals surface area contributed by atoms with Crippen molar-refractivity contribution in [2.75, 3.05) is 6.16 Å². The molecule has 6 N–H and O–H groups in total. The second-order valence-electron chi connectivity index (χ2n) is 3.75. The molecule has 0 aliphatic heterocycles.